The van der Waals surface area contributed by atoms with Crippen molar-refractivity contribution in [1.29, 1.82) is 10.7 Å². The Kier molecular flexibility index (Phi) is 11.0. The van der Waals surface area contributed by atoms with Gasteiger partial charge in [-0.2, -0.15) is 13.7 Å². The molecule has 0 aliphatic carbocycles. The topological polar surface area (TPSA) is 199 Å². The van der Waals surface area contributed by atoms with E-state index in [0.717, 1.165) is 36.6 Å². The molecule has 0 aromatic heterocycles. The molecule has 3 aromatic carbocycles. The van der Waals surface area contributed by atoms with Crippen LogP contribution in [0.4, 0.5) is 5.69 Å². The highest BCUT2D eigenvalue weighted by Crippen LogP contribution is 2.22. The molecule has 0 fully saturated rings. The monoisotopic (exact) mass is 525 g/mol. The first-order chi connectivity index (χ1) is 17.5. The standard InChI is InChI=1S/C10H12N2O.C8H9NO.C7H8O3S.CH2N2/c11-10(12)4-7-1-2-8-5-13-6-9(8)3-7;9-8-2-1-6-4-10-5-7(6)3-8;1-6-2-4-7(5-3-6)11(8,9)10;2-1-3/h1-3H,4-6H2,(H3,11,12);1-3H,4-5,9H2;2-5H,1H3,(H,8,9,10);2H2. The van der Waals surface area contributed by atoms with Crippen LogP contribution in [0.15, 0.2) is 65.6 Å². The molecule has 10 nitrogen and oxygen atoms in total. The van der Waals surface area contributed by atoms with Gasteiger partial charge in [0.05, 0.1) is 37.2 Å². The Morgan fingerprint density at radius 1 is 0.946 bits per heavy atom. The van der Waals surface area contributed by atoms with Crippen molar-refractivity contribution in [1.82, 2.24) is 0 Å². The number of benzene rings is 3. The molecule has 196 valence electrons. The summed E-state index contributed by atoms with van der Waals surface area (Å²) in [6.45, 7) is 4.72. The highest BCUT2D eigenvalue weighted by Gasteiger charge is 2.11. The molecule has 37 heavy (non-hydrogen) atoms. The van der Waals surface area contributed by atoms with Crippen LogP contribution in [0.5, 0.6) is 0 Å². The maximum absolute atomic E-state index is 10.5. The summed E-state index contributed by atoms with van der Waals surface area (Å²) in [5.41, 5.74) is 22.9. The molecule has 2 aliphatic heterocycles. The lowest BCUT2D eigenvalue weighted by atomic mass is 10.0. The molecule has 0 atom stereocenters. The van der Waals surface area contributed by atoms with E-state index in [4.69, 9.17) is 36.2 Å². The fourth-order valence-electron chi connectivity index (χ4n) is 3.46. The summed E-state index contributed by atoms with van der Waals surface area (Å²) in [6, 6.07) is 18.0. The second kappa shape index (κ2) is 14.0. The molecule has 0 bridgehead atoms. The molecule has 11 heteroatoms. The lowest BCUT2D eigenvalue weighted by molar-refractivity contribution is 0.134. The summed E-state index contributed by atoms with van der Waals surface area (Å²) in [5.74, 6) is 0.207. The van der Waals surface area contributed by atoms with Gasteiger partial charge in [-0.25, -0.2) is 0 Å². The summed E-state index contributed by atoms with van der Waals surface area (Å²) in [6.07, 6.45) is 1.78. The van der Waals surface area contributed by atoms with E-state index in [1.807, 2.05) is 31.2 Å². The van der Waals surface area contributed by atoms with Gasteiger partial charge in [0.1, 0.15) is 0 Å². The van der Waals surface area contributed by atoms with Gasteiger partial charge in [-0.15, -0.1) is 0 Å². The number of nitrogens with zero attached hydrogens (tertiary/aromatic N) is 1. The molecule has 3 aromatic rings. The number of nitrogens with two attached hydrogens (primary N) is 3. The van der Waals surface area contributed by atoms with E-state index in [1.165, 1.54) is 40.6 Å². The van der Waals surface area contributed by atoms with E-state index in [1.54, 1.807) is 12.1 Å². The van der Waals surface area contributed by atoms with Crippen molar-refractivity contribution >= 4 is 21.6 Å². The van der Waals surface area contributed by atoms with Gasteiger partial charge in [-0.05, 0) is 59.0 Å². The number of fused-ring (bicyclic) bond motifs is 2. The molecule has 5 rings (SSSR count). The van der Waals surface area contributed by atoms with Gasteiger partial charge in [0.25, 0.3) is 10.1 Å². The first-order valence-corrected chi connectivity index (χ1v) is 12.6. The van der Waals surface area contributed by atoms with Crippen LogP contribution in [0, 0.1) is 23.8 Å². The number of nitriles is 1. The predicted molar refractivity (Wildman–Crippen MR) is 141 cm³/mol. The number of hydrogen-bond donors (Lipinski definition) is 5. The molecule has 0 saturated carbocycles. The molecule has 0 radical (unpaired) electrons. The van der Waals surface area contributed by atoms with Crippen LogP contribution >= 0.6 is 0 Å². The van der Waals surface area contributed by atoms with E-state index in [2.05, 4.69) is 17.9 Å². The van der Waals surface area contributed by atoms with Crippen LogP contribution in [0.1, 0.15) is 33.4 Å². The van der Waals surface area contributed by atoms with E-state index < -0.39 is 10.1 Å². The number of amidine groups is 1. The lowest BCUT2D eigenvalue weighted by Gasteiger charge is -2.01. The average molecular weight is 526 g/mol. The first-order valence-electron chi connectivity index (χ1n) is 11.1. The fourth-order valence-corrected chi connectivity index (χ4v) is 3.94. The second-order valence-corrected chi connectivity index (χ2v) is 9.66. The molecule has 8 N–H and O–H groups in total. The van der Waals surface area contributed by atoms with E-state index in [0.29, 0.717) is 13.0 Å². The summed E-state index contributed by atoms with van der Waals surface area (Å²) in [4.78, 5) is -0.0666. The zero-order valence-corrected chi connectivity index (χ0v) is 21.3. The Bertz CT molecular complexity index is 1350. The van der Waals surface area contributed by atoms with Gasteiger partial charge in [-0.3, -0.25) is 9.96 Å². The van der Waals surface area contributed by atoms with Crippen molar-refractivity contribution in [2.45, 2.75) is 44.7 Å². The maximum Gasteiger partial charge on any atom is 0.294 e. The number of aryl methyl sites for hydroxylation is 1. The molecule has 2 heterocycles. The normalized spacial score (nSPS) is 12.7. The van der Waals surface area contributed by atoms with Crippen molar-refractivity contribution in [3.8, 4) is 6.19 Å². The van der Waals surface area contributed by atoms with Crippen LogP contribution in [-0.4, -0.2) is 18.8 Å². The van der Waals surface area contributed by atoms with Crippen molar-refractivity contribution < 1.29 is 22.4 Å². The van der Waals surface area contributed by atoms with Crippen molar-refractivity contribution in [2.75, 3.05) is 5.73 Å². The first kappa shape index (κ1) is 29.3. The molecule has 0 spiro atoms. The zero-order valence-electron chi connectivity index (χ0n) is 20.5. The van der Waals surface area contributed by atoms with Gasteiger partial charge in [-0.1, -0.05) is 42.0 Å². The van der Waals surface area contributed by atoms with Crippen LogP contribution < -0.4 is 17.2 Å². The summed E-state index contributed by atoms with van der Waals surface area (Å²) in [5, 5.41) is 14.3. The minimum atomic E-state index is -4.02. The number of anilines is 1. The average Bonchev–Trinajstić information content (AvgIpc) is 3.48. The number of ether oxygens (including phenoxy) is 2. The van der Waals surface area contributed by atoms with Crippen LogP contribution in [-0.2, 0) is 52.4 Å². The Hall–Kier alpha value is -3.95. The molecular formula is C26H31N5O5S. The van der Waals surface area contributed by atoms with Crippen LogP contribution in [0.2, 0.25) is 0 Å². The van der Waals surface area contributed by atoms with Crippen molar-refractivity contribution in [3.63, 3.8) is 0 Å². The second-order valence-electron chi connectivity index (χ2n) is 8.24. The summed E-state index contributed by atoms with van der Waals surface area (Å²) >= 11 is 0. The number of nitrogen functional groups attached to an aromatic ring is 1. The van der Waals surface area contributed by atoms with Crippen LogP contribution in [0.25, 0.3) is 0 Å². The molecular weight excluding hydrogens is 494 g/mol. The quantitative estimate of drug-likeness (QED) is 0.0850. The van der Waals surface area contributed by atoms with Gasteiger partial charge >= 0.3 is 0 Å². The van der Waals surface area contributed by atoms with Gasteiger partial charge in [0, 0.05) is 12.1 Å². The third-order valence-corrected chi connectivity index (χ3v) is 6.11. The smallest absolute Gasteiger partial charge is 0.294 e. The molecule has 0 saturated heterocycles. The Labute approximate surface area is 216 Å². The lowest BCUT2D eigenvalue weighted by Crippen LogP contribution is -2.12. The van der Waals surface area contributed by atoms with Gasteiger partial charge in [0.15, 0.2) is 6.19 Å². The Morgan fingerprint density at radius 3 is 1.95 bits per heavy atom. The molecule has 2 aliphatic rings. The van der Waals surface area contributed by atoms with Crippen molar-refractivity contribution in [3.05, 3.63) is 94.0 Å². The van der Waals surface area contributed by atoms with E-state index >= 15 is 0 Å². The minimum Gasteiger partial charge on any atom is -0.399 e. The van der Waals surface area contributed by atoms with Gasteiger partial charge < -0.3 is 26.7 Å². The highest BCUT2D eigenvalue weighted by molar-refractivity contribution is 7.85. The predicted octanol–water partition coefficient (Wildman–Crippen LogP) is 3.16. The van der Waals surface area contributed by atoms with Gasteiger partial charge in [0.2, 0.25) is 0 Å². The number of nitrogens with one attached hydrogen (secondary N) is 1. The fraction of sp³-hybridized carbons (Fsp3) is 0.231. The van der Waals surface area contributed by atoms with Crippen molar-refractivity contribution in [2.24, 2.45) is 11.5 Å². The SMILES string of the molecule is Cc1ccc(S(=O)(=O)O)cc1.N#CN.N=C(N)Cc1ccc2c(c1)COC2.Nc1ccc2c(c1)COC2. The van der Waals surface area contributed by atoms with Crippen LogP contribution in [0.3, 0.4) is 0 Å². The Morgan fingerprint density at radius 2 is 1.43 bits per heavy atom. The molecule has 0 amide bonds. The number of hydrogen-bond acceptors (Lipinski definition) is 8. The summed E-state index contributed by atoms with van der Waals surface area (Å²) < 4.78 is 40.1. The maximum atomic E-state index is 10.5. The largest absolute Gasteiger partial charge is 0.399 e. The molecule has 0 unspecified atom stereocenters. The summed E-state index contributed by atoms with van der Waals surface area (Å²) in [7, 11) is -4.02. The third-order valence-electron chi connectivity index (χ3n) is 5.24. The zero-order chi connectivity index (χ0) is 27.4. The third kappa shape index (κ3) is 9.91. The highest BCUT2D eigenvalue weighted by atomic mass is 32.2. The van der Waals surface area contributed by atoms with E-state index in [-0.39, 0.29) is 10.7 Å². The number of rotatable bonds is 3. The Balaban J connectivity index is 0.000000187. The van der Waals surface area contributed by atoms with E-state index in [9.17, 15) is 8.42 Å². The minimum absolute atomic E-state index is 0.0666.